The largest absolute Gasteiger partial charge is 0.360 e. The number of likely N-dealkylation sites (tertiary alicyclic amines) is 1. The molecule has 2 aromatic rings. The van der Waals surface area contributed by atoms with E-state index in [0.29, 0.717) is 24.6 Å². The maximum atomic E-state index is 12.3. The number of hydrogen-bond donors (Lipinski definition) is 1. The lowest BCUT2D eigenvalue weighted by atomic mass is 9.95. The molecule has 0 bridgehead atoms. The Balaban J connectivity index is 1.43. The fraction of sp³-hybridized carbons (Fsp3) is 0.529. The van der Waals surface area contributed by atoms with E-state index in [1.165, 1.54) is 0 Å². The summed E-state index contributed by atoms with van der Waals surface area (Å²) in [7, 11) is 3.64. The molecule has 0 unspecified atom stereocenters. The maximum absolute atomic E-state index is 12.3. The summed E-state index contributed by atoms with van der Waals surface area (Å²) in [4.78, 5) is 26.2. The Kier molecular flexibility index (Phi) is 3.82. The monoisotopic (exact) mass is 343 g/mol. The molecule has 1 saturated carbocycles. The Morgan fingerprint density at radius 3 is 2.88 bits per heavy atom. The van der Waals surface area contributed by atoms with E-state index in [0.717, 1.165) is 24.2 Å². The quantitative estimate of drug-likeness (QED) is 0.881. The number of hydrogen-bond acceptors (Lipinski definition) is 5. The van der Waals surface area contributed by atoms with Crippen molar-refractivity contribution in [2.45, 2.75) is 31.2 Å². The molecule has 1 aliphatic carbocycles. The second-order valence-electron chi connectivity index (χ2n) is 6.96. The van der Waals surface area contributed by atoms with Crippen molar-refractivity contribution in [3.05, 3.63) is 35.5 Å². The summed E-state index contributed by atoms with van der Waals surface area (Å²) >= 11 is 0. The summed E-state index contributed by atoms with van der Waals surface area (Å²) in [6.07, 6.45) is 6.28. The van der Waals surface area contributed by atoms with Gasteiger partial charge in [0.25, 0.3) is 5.91 Å². The first-order valence-electron chi connectivity index (χ1n) is 8.52. The molecule has 3 heterocycles. The molecule has 0 spiro atoms. The lowest BCUT2D eigenvalue weighted by Crippen LogP contribution is -2.32. The third kappa shape index (κ3) is 3.04. The average Bonchev–Trinajstić information content (AvgIpc) is 3.04. The average molecular weight is 343 g/mol. The molecule has 1 saturated heterocycles. The highest BCUT2D eigenvalue weighted by atomic mass is 16.5. The fourth-order valence-corrected chi connectivity index (χ4v) is 3.49. The van der Waals surface area contributed by atoms with Crippen LogP contribution in [0.2, 0.25) is 0 Å². The van der Waals surface area contributed by atoms with Crippen LogP contribution in [-0.4, -0.2) is 45.2 Å². The minimum atomic E-state index is -0.261. The fourth-order valence-electron chi connectivity index (χ4n) is 3.49. The molecule has 8 nitrogen and oxygen atoms in total. The predicted molar refractivity (Wildman–Crippen MR) is 87.6 cm³/mol. The van der Waals surface area contributed by atoms with Crippen molar-refractivity contribution in [3.8, 4) is 0 Å². The van der Waals surface area contributed by atoms with Gasteiger partial charge in [0.2, 0.25) is 5.91 Å². The van der Waals surface area contributed by atoms with Crippen LogP contribution in [0.4, 0.5) is 0 Å². The van der Waals surface area contributed by atoms with Gasteiger partial charge in [-0.1, -0.05) is 5.16 Å². The molecule has 2 fully saturated rings. The van der Waals surface area contributed by atoms with Gasteiger partial charge in [-0.2, -0.15) is 5.10 Å². The zero-order valence-corrected chi connectivity index (χ0v) is 14.3. The molecule has 1 N–H and O–H groups in total. The molecular formula is C17H21N5O3. The molecule has 2 aliphatic rings. The molecule has 2 amide bonds. The minimum absolute atomic E-state index is 0.000420. The molecule has 0 aromatic carbocycles. The highest BCUT2D eigenvalue weighted by Gasteiger charge is 2.39. The SMILES string of the molecule is CN1C(=O)C[C@@H](CNC(=O)c2cc(C3CC3)on2)[C@@H]1c1cnn(C)c1. The van der Waals surface area contributed by atoms with E-state index in [2.05, 4.69) is 15.6 Å². The van der Waals surface area contributed by atoms with Gasteiger partial charge in [-0.15, -0.1) is 0 Å². The molecule has 0 radical (unpaired) electrons. The Morgan fingerprint density at radius 1 is 1.40 bits per heavy atom. The van der Waals surface area contributed by atoms with Gasteiger partial charge in [-0.25, -0.2) is 0 Å². The number of nitrogens with one attached hydrogen (secondary N) is 1. The normalized spacial score (nSPS) is 23.3. The first-order chi connectivity index (χ1) is 12.0. The van der Waals surface area contributed by atoms with Gasteiger partial charge in [0.05, 0.1) is 12.2 Å². The van der Waals surface area contributed by atoms with Crippen LogP contribution < -0.4 is 5.32 Å². The standard InChI is InChI=1S/C17H21N5O3/c1-21-9-12(8-19-21)16-11(5-15(23)22(16)2)7-18-17(24)13-6-14(25-20-13)10-3-4-10/h6,8-11,16H,3-5,7H2,1-2H3,(H,18,24)/t11-,16+/m0/s1. The van der Waals surface area contributed by atoms with Crippen molar-refractivity contribution in [2.75, 3.05) is 13.6 Å². The smallest absolute Gasteiger partial charge is 0.273 e. The zero-order chi connectivity index (χ0) is 17.6. The Bertz CT molecular complexity index is 807. The van der Waals surface area contributed by atoms with E-state index < -0.39 is 0 Å². The summed E-state index contributed by atoms with van der Waals surface area (Å²) < 4.78 is 6.94. The summed E-state index contributed by atoms with van der Waals surface area (Å²) in [6, 6.07) is 1.64. The number of aromatic nitrogens is 3. The van der Waals surface area contributed by atoms with E-state index in [-0.39, 0.29) is 23.8 Å². The van der Waals surface area contributed by atoms with Crippen molar-refractivity contribution in [1.82, 2.24) is 25.2 Å². The summed E-state index contributed by atoms with van der Waals surface area (Å²) in [5.74, 6) is 1.02. The second kappa shape index (κ2) is 6.02. The number of aryl methyl sites for hydroxylation is 1. The third-order valence-electron chi connectivity index (χ3n) is 5.03. The van der Waals surface area contributed by atoms with Crippen LogP contribution in [0.15, 0.2) is 23.0 Å². The van der Waals surface area contributed by atoms with Gasteiger partial charge in [0, 0.05) is 56.7 Å². The second-order valence-corrected chi connectivity index (χ2v) is 6.96. The lowest BCUT2D eigenvalue weighted by Gasteiger charge is -2.24. The van der Waals surface area contributed by atoms with E-state index in [1.807, 2.05) is 13.2 Å². The molecule has 2 atom stereocenters. The first-order valence-corrected chi connectivity index (χ1v) is 8.52. The summed E-state index contributed by atoms with van der Waals surface area (Å²) in [5, 5.41) is 10.9. The Hall–Kier alpha value is -2.64. The van der Waals surface area contributed by atoms with E-state index in [4.69, 9.17) is 4.52 Å². The highest BCUT2D eigenvalue weighted by molar-refractivity contribution is 5.92. The van der Waals surface area contributed by atoms with E-state index in [9.17, 15) is 9.59 Å². The number of nitrogens with zero attached hydrogens (tertiary/aromatic N) is 4. The molecule has 1 aliphatic heterocycles. The maximum Gasteiger partial charge on any atom is 0.273 e. The van der Waals surface area contributed by atoms with Crippen LogP contribution in [0.5, 0.6) is 0 Å². The van der Waals surface area contributed by atoms with Gasteiger partial charge < -0.3 is 14.7 Å². The lowest BCUT2D eigenvalue weighted by molar-refractivity contribution is -0.127. The van der Waals surface area contributed by atoms with Crippen LogP contribution in [0, 0.1) is 5.92 Å². The highest BCUT2D eigenvalue weighted by Crippen LogP contribution is 2.40. The predicted octanol–water partition coefficient (Wildman–Crippen LogP) is 1.23. The van der Waals surface area contributed by atoms with Gasteiger partial charge >= 0.3 is 0 Å². The number of carbonyl (C=O) groups is 2. The topological polar surface area (TPSA) is 93.3 Å². The van der Waals surface area contributed by atoms with Crippen molar-refractivity contribution in [3.63, 3.8) is 0 Å². The number of carbonyl (C=O) groups excluding carboxylic acids is 2. The molecule has 2 aromatic heterocycles. The van der Waals surface area contributed by atoms with Crippen LogP contribution in [0.1, 0.15) is 53.0 Å². The zero-order valence-electron chi connectivity index (χ0n) is 14.3. The van der Waals surface area contributed by atoms with Gasteiger partial charge in [-0.05, 0) is 12.8 Å². The molecule has 25 heavy (non-hydrogen) atoms. The number of rotatable bonds is 5. The third-order valence-corrected chi connectivity index (χ3v) is 5.03. The van der Waals surface area contributed by atoms with Gasteiger partial charge in [-0.3, -0.25) is 14.3 Å². The van der Waals surface area contributed by atoms with Crippen LogP contribution in [0.25, 0.3) is 0 Å². The van der Waals surface area contributed by atoms with Crippen LogP contribution >= 0.6 is 0 Å². The van der Waals surface area contributed by atoms with Crippen molar-refractivity contribution in [1.29, 1.82) is 0 Å². The van der Waals surface area contributed by atoms with E-state index >= 15 is 0 Å². The molecule has 4 rings (SSSR count). The summed E-state index contributed by atoms with van der Waals surface area (Å²) in [6.45, 7) is 0.403. The first kappa shape index (κ1) is 15.9. The van der Waals surface area contributed by atoms with Crippen molar-refractivity contribution >= 4 is 11.8 Å². The van der Waals surface area contributed by atoms with Crippen LogP contribution in [-0.2, 0) is 11.8 Å². The Morgan fingerprint density at radius 2 is 2.20 bits per heavy atom. The van der Waals surface area contributed by atoms with Crippen LogP contribution in [0.3, 0.4) is 0 Å². The van der Waals surface area contributed by atoms with Gasteiger partial charge in [0.15, 0.2) is 5.69 Å². The van der Waals surface area contributed by atoms with E-state index in [1.54, 1.807) is 28.9 Å². The molecule has 8 heteroatoms. The van der Waals surface area contributed by atoms with Crippen molar-refractivity contribution < 1.29 is 14.1 Å². The van der Waals surface area contributed by atoms with Gasteiger partial charge in [0.1, 0.15) is 5.76 Å². The van der Waals surface area contributed by atoms with Crippen molar-refractivity contribution in [2.24, 2.45) is 13.0 Å². The Labute approximate surface area is 145 Å². The minimum Gasteiger partial charge on any atom is -0.360 e. The molecular weight excluding hydrogens is 322 g/mol. The number of amides is 2. The summed E-state index contributed by atoms with van der Waals surface area (Å²) in [5.41, 5.74) is 1.28. The molecule has 132 valence electrons.